The highest BCUT2D eigenvalue weighted by Crippen LogP contribution is 2.48. The minimum atomic E-state index is -1.04. The zero-order chi connectivity index (χ0) is 28.0. The number of aliphatic imine (C=N–C) groups is 1. The van der Waals surface area contributed by atoms with Crippen molar-refractivity contribution in [2.75, 3.05) is 26.7 Å². The molecule has 1 heterocycles. The molecule has 0 unspecified atom stereocenters. The number of phenols is 1. The highest BCUT2D eigenvalue weighted by molar-refractivity contribution is 5.77. The van der Waals surface area contributed by atoms with Gasteiger partial charge in [0.15, 0.2) is 17.5 Å². The van der Waals surface area contributed by atoms with Crippen molar-refractivity contribution >= 4 is 11.9 Å². The largest absolute Gasteiger partial charge is 0.504 e. The van der Waals surface area contributed by atoms with E-state index in [1.165, 1.54) is 6.92 Å². The summed E-state index contributed by atoms with van der Waals surface area (Å²) in [5.74, 6) is 2.01. The Kier molecular flexibility index (Phi) is 9.77. The third-order valence-electron chi connectivity index (χ3n) is 8.93. The quantitative estimate of drug-likeness (QED) is 0.132. The fourth-order valence-electron chi connectivity index (χ4n) is 6.51. The fraction of sp³-hybridized carbons (Fsp3) is 0.667. The summed E-state index contributed by atoms with van der Waals surface area (Å²) < 4.78 is 11.8. The Morgan fingerprint density at radius 1 is 1.31 bits per heavy atom. The first-order valence-electron chi connectivity index (χ1n) is 14.4. The zero-order valence-electron chi connectivity index (χ0n) is 23.6. The highest BCUT2D eigenvalue weighted by atomic mass is 16.5. The minimum Gasteiger partial charge on any atom is -0.504 e. The molecule has 1 saturated carbocycles. The van der Waals surface area contributed by atoms with Gasteiger partial charge in [0.25, 0.3) is 0 Å². The lowest BCUT2D eigenvalue weighted by Crippen LogP contribution is -2.50. The molecule has 3 aliphatic rings. The molecular formula is C30H46N4O5. The third-order valence-corrected chi connectivity index (χ3v) is 8.93. The van der Waals surface area contributed by atoms with Crippen molar-refractivity contribution in [3.63, 3.8) is 0 Å². The molecule has 1 aliphatic heterocycles. The molecule has 0 aromatic heterocycles. The average Bonchev–Trinajstić information content (AvgIpc) is 2.91. The van der Waals surface area contributed by atoms with Gasteiger partial charge >= 0.3 is 5.97 Å². The Hall–Kier alpha value is -2.78. The summed E-state index contributed by atoms with van der Waals surface area (Å²) in [6.07, 6.45) is 8.90. The van der Waals surface area contributed by atoms with Crippen LogP contribution < -0.4 is 21.1 Å². The van der Waals surface area contributed by atoms with Crippen molar-refractivity contribution in [1.82, 2.24) is 10.6 Å². The Labute approximate surface area is 232 Å². The molecule has 0 spiro atoms. The van der Waals surface area contributed by atoms with Gasteiger partial charge in [-0.2, -0.15) is 0 Å². The van der Waals surface area contributed by atoms with E-state index in [1.807, 2.05) is 18.2 Å². The molecule has 9 nitrogen and oxygen atoms in total. The second-order valence-electron chi connectivity index (χ2n) is 11.6. The fourth-order valence-corrected chi connectivity index (χ4v) is 6.51. The number of rotatable bonds is 10. The number of esters is 1. The average molecular weight is 543 g/mol. The minimum absolute atomic E-state index is 0.0759. The van der Waals surface area contributed by atoms with Gasteiger partial charge in [0, 0.05) is 26.9 Å². The Balaban J connectivity index is 1.41. The monoisotopic (exact) mass is 542 g/mol. The lowest BCUT2D eigenvalue weighted by Gasteiger charge is -2.49. The lowest BCUT2D eigenvalue weighted by atomic mass is 9.59. The number of ether oxygens (including phenoxy) is 2. The van der Waals surface area contributed by atoms with Crippen molar-refractivity contribution in [1.29, 1.82) is 0 Å². The van der Waals surface area contributed by atoms with Crippen LogP contribution >= 0.6 is 0 Å². The van der Waals surface area contributed by atoms with E-state index in [9.17, 15) is 15.0 Å². The van der Waals surface area contributed by atoms with Crippen LogP contribution in [0.15, 0.2) is 35.3 Å². The number of guanidine groups is 1. The van der Waals surface area contributed by atoms with Gasteiger partial charge in [0.1, 0.15) is 12.2 Å². The first kappa shape index (κ1) is 29.2. The van der Waals surface area contributed by atoms with Gasteiger partial charge in [-0.05, 0) is 93.0 Å². The van der Waals surface area contributed by atoms with Crippen LogP contribution in [0.1, 0.15) is 57.9 Å². The number of phenolic OH excluding ortho intramolecular Hbond substituents is 1. The van der Waals surface area contributed by atoms with E-state index in [1.54, 1.807) is 13.1 Å². The van der Waals surface area contributed by atoms with Crippen molar-refractivity contribution in [3.05, 3.63) is 35.9 Å². The third kappa shape index (κ3) is 7.66. The summed E-state index contributed by atoms with van der Waals surface area (Å²) in [5.41, 5.74) is 5.81. The normalized spacial score (nSPS) is 30.0. The zero-order valence-corrected chi connectivity index (χ0v) is 23.6. The van der Waals surface area contributed by atoms with Crippen LogP contribution in [0.25, 0.3) is 0 Å². The maximum absolute atomic E-state index is 12.0. The molecule has 1 aromatic rings. The maximum Gasteiger partial charge on any atom is 0.302 e. The number of aliphatic hydroxyl groups is 1. The Bertz CT molecular complexity index is 1040. The number of nitrogens with zero attached hydrogens (tertiary/aromatic N) is 1. The Morgan fingerprint density at radius 3 is 2.79 bits per heavy atom. The number of piperidine rings is 1. The molecule has 0 radical (unpaired) electrons. The van der Waals surface area contributed by atoms with Crippen molar-refractivity contribution in [2.24, 2.45) is 34.4 Å². The number of nitrogens with two attached hydrogens (primary N) is 1. The van der Waals surface area contributed by atoms with E-state index in [0.717, 1.165) is 50.9 Å². The van der Waals surface area contributed by atoms with E-state index < -0.39 is 11.7 Å². The molecule has 216 valence electrons. The van der Waals surface area contributed by atoms with Crippen LogP contribution in [0.2, 0.25) is 0 Å². The van der Waals surface area contributed by atoms with Gasteiger partial charge in [-0.3, -0.25) is 9.79 Å². The molecule has 2 aliphatic carbocycles. The molecule has 1 aromatic carbocycles. The number of fused-ring (bicyclic) bond motifs is 2. The van der Waals surface area contributed by atoms with Crippen LogP contribution in [-0.2, 0) is 16.0 Å². The van der Waals surface area contributed by atoms with E-state index in [2.05, 4.69) is 28.6 Å². The Morgan fingerprint density at radius 2 is 2.08 bits per heavy atom. The number of carbonyl (C=O) groups is 1. The topological polar surface area (TPSA) is 138 Å². The van der Waals surface area contributed by atoms with Crippen LogP contribution in [0.5, 0.6) is 11.5 Å². The lowest BCUT2D eigenvalue weighted by molar-refractivity contribution is -0.151. The van der Waals surface area contributed by atoms with Gasteiger partial charge in [0.2, 0.25) is 0 Å². The van der Waals surface area contributed by atoms with E-state index in [4.69, 9.17) is 15.2 Å². The highest BCUT2D eigenvalue weighted by Gasteiger charge is 2.47. The van der Waals surface area contributed by atoms with Gasteiger partial charge in [-0.1, -0.05) is 25.1 Å². The van der Waals surface area contributed by atoms with Crippen LogP contribution in [0.3, 0.4) is 0 Å². The first-order valence-corrected chi connectivity index (χ1v) is 14.4. The molecule has 9 heteroatoms. The molecule has 4 rings (SSSR count). The predicted octanol–water partition coefficient (Wildman–Crippen LogP) is 2.89. The van der Waals surface area contributed by atoms with Gasteiger partial charge < -0.3 is 36.1 Å². The number of aryl methyl sites for hydroxylation is 1. The summed E-state index contributed by atoms with van der Waals surface area (Å²) in [4.78, 5) is 16.0. The van der Waals surface area contributed by atoms with Crippen molar-refractivity contribution in [3.8, 4) is 11.5 Å². The predicted molar refractivity (Wildman–Crippen MR) is 152 cm³/mol. The molecule has 1 saturated heterocycles. The summed E-state index contributed by atoms with van der Waals surface area (Å²) in [5, 5.41) is 28.7. The van der Waals surface area contributed by atoms with Crippen molar-refractivity contribution in [2.45, 2.75) is 76.6 Å². The number of hydrogen-bond acceptors (Lipinski definition) is 7. The maximum atomic E-state index is 12.0. The summed E-state index contributed by atoms with van der Waals surface area (Å²) in [7, 11) is 1.67. The summed E-state index contributed by atoms with van der Waals surface area (Å²) in [6.45, 7) is 6.22. The summed E-state index contributed by atoms with van der Waals surface area (Å²) in [6, 6.07) is 5.42. The number of nitrogens with one attached hydrogen (secondary N) is 2. The standard InChI is InChI=1S/C30H46N4O5/c1-19-22-8-11-30(37,24(15-22)16-23(19)18-34-29(31)32-3)17-26(38-20(2)35)6-4-21-5-7-27(36)28(14-21)39-25-9-12-33-13-10-25/h5,7-8,11,14,19,22-26,33,36-37H,4,6,9-10,12-13,15-18H2,1-3H3,(H3,31,32,34)/t19-,22-,23+,24+,26+,30+/m0/s1. The molecule has 6 N–H and O–H groups in total. The molecule has 0 amide bonds. The van der Waals surface area contributed by atoms with Crippen LogP contribution in [-0.4, -0.2) is 66.6 Å². The number of hydrogen-bond donors (Lipinski definition) is 5. The van der Waals surface area contributed by atoms with Gasteiger partial charge in [0.05, 0.1) is 5.60 Å². The SMILES string of the molecule is CN=C(N)NC[C@H]1C[C@H]2C[C@H](C=C[C@@]2(O)C[C@@H](CCc2ccc(O)c(OC3CCNCC3)c2)OC(C)=O)[C@@H]1C. The second kappa shape index (κ2) is 13.0. The van der Waals surface area contributed by atoms with Gasteiger partial charge in [-0.25, -0.2) is 0 Å². The second-order valence-corrected chi connectivity index (χ2v) is 11.6. The number of allylic oxidation sites excluding steroid dienone is 1. The van der Waals surface area contributed by atoms with Crippen LogP contribution in [0, 0.1) is 23.7 Å². The first-order chi connectivity index (χ1) is 18.7. The smallest absolute Gasteiger partial charge is 0.302 e. The molecule has 2 bridgehead atoms. The van der Waals surface area contributed by atoms with Gasteiger partial charge in [-0.15, -0.1) is 0 Å². The van der Waals surface area contributed by atoms with Crippen LogP contribution in [0.4, 0.5) is 0 Å². The molecular weight excluding hydrogens is 496 g/mol. The summed E-state index contributed by atoms with van der Waals surface area (Å²) >= 11 is 0. The molecule has 39 heavy (non-hydrogen) atoms. The molecule has 2 fully saturated rings. The molecule has 6 atom stereocenters. The number of carbonyl (C=O) groups excluding carboxylic acids is 1. The van der Waals surface area contributed by atoms with E-state index in [0.29, 0.717) is 48.7 Å². The van der Waals surface area contributed by atoms with E-state index >= 15 is 0 Å². The van der Waals surface area contributed by atoms with Crippen molar-refractivity contribution < 1.29 is 24.5 Å². The van der Waals surface area contributed by atoms with E-state index in [-0.39, 0.29) is 23.7 Å². The number of aromatic hydroxyl groups is 1. The number of benzene rings is 1.